The van der Waals surface area contributed by atoms with E-state index in [-0.39, 0.29) is 6.61 Å². The minimum atomic E-state index is -1.12. The SMILES string of the molecule is Cc1nccn1-c1ccc(NC(=O)COCC(=O)O)cn1. The van der Waals surface area contributed by atoms with Gasteiger partial charge in [0.1, 0.15) is 24.9 Å². The molecule has 2 N–H and O–H groups in total. The summed E-state index contributed by atoms with van der Waals surface area (Å²) in [4.78, 5) is 30.0. The molecule has 0 aliphatic rings. The van der Waals surface area contributed by atoms with Crippen LogP contribution in [-0.2, 0) is 14.3 Å². The number of nitrogens with one attached hydrogen (secondary N) is 1. The van der Waals surface area contributed by atoms with E-state index in [1.54, 1.807) is 24.5 Å². The smallest absolute Gasteiger partial charge is 0.329 e. The average Bonchev–Trinajstić information content (AvgIpc) is 2.85. The number of aromatic nitrogens is 3. The van der Waals surface area contributed by atoms with Gasteiger partial charge in [0, 0.05) is 12.4 Å². The Morgan fingerprint density at radius 1 is 1.33 bits per heavy atom. The molecule has 0 aliphatic heterocycles. The fourth-order valence-electron chi connectivity index (χ4n) is 1.65. The summed E-state index contributed by atoms with van der Waals surface area (Å²) in [6.45, 7) is 1.02. The van der Waals surface area contributed by atoms with Crippen LogP contribution in [0.1, 0.15) is 5.82 Å². The van der Waals surface area contributed by atoms with E-state index in [0.717, 1.165) is 5.82 Å². The predicted molar refractivity (Wildman–Crippen MR) is 73.2 cm³/mol. The van der Waals surface area contributed by atoms with Gasteiger partial charge in [0.25, 0.3) is 0 Å². The van der Waals surface area contributed by atoms with Crippen LogP contribution in [0.2, 0.25) is 0 Å². The van der Waals surface area contributed by atoms with Gasteiger partial charge in [-0.15, -0.1) is 0 Å². The van der Waals surface area contributed by atoms with Crippen molar-refractivity contribution < 1.29 is 19.4 Å². The number of anilines is 1. The zero-order valence-corrected chi connectivity index (χ0v) is 11.3. The third-order valence-electron chi connectivity index (χ3n) is 2.56. The van der Waals surface area contributed by atoms with Crippen LogP contribution in [0.25, 0.3) is 5.82 Å². The van der Waals surface area contributed by atoms with Crippen molar-refractivity contribution in [3.8, 4) is 5.82 Å². The van der Waals surface area contributed by atoms with Gasteiger partial charge >= 0.3 is 5.97 Å². The molecule has 0 atom stereocenters. The van der Waals surface area contributed by atoms with Crippen molar-refractivity contribution in [3.05, 3.63) is 36.5 Å². The number of ether oxygens (including phenoxy) is 1. The van der Waals surface area contributed by atoms with Gasteiger partial charge in [0.05, 0.1) is 11.9 Å². The van der Waals surface area contributed by atoms with E-state index in [1.807, 2.05) is 11.5 Å². The second-order valence-electron chi connectivity index (χ2n) is 4.18. The van der Waals surface area contributed by atoms with E-state index in [0.29, 0.717) is 11.5 Å². The summed E-state index contributed by atoms with van der Waals surface area (Å²) in [5, 5.41) is 10.9. The monoisotopic (exact) mass is 290 g/mol. The molecule has 0 saturated heterocycles. The summed E-state index contributed by atoms with van der Waals surface area (Å²) in [7, 11) is 0. The van der Waals surface area contributed by atoms with Crippen molar-refractivity contribution in [1.29, 1.82) is 0 Å². The number of hydrogen-bond donors (Lipinski definition) is 2. The number of carboxylic acids is 1. The zero-order valence-electron chi connectivity index (χ0n) is 11.3. The maximum Gasteiger partial charge on any atom is 0.329 e. The second-order valence-corrected chi connectivity index (χ2v) is 4.18. The van der Waals surface area contributed by atoms with E-state index in [1.165, 1.54) is 6.20 Å². The van der Waals surface area contributed by atoms with E-state index in [9.17, 15) is 9.59 Å². The summed E-state index contributed by atoms with van der Waals surface area (Å²) in [6.07, 6.45) is 4.96. The number of carbonyl (C=O) groups excluding carboxylic acids is 1. The lowest BCUT2D eigenvalue weighted by molar-refractivity contribution is -0.143. The molecule has 0 unspecified atom stereocenters. The Hall–Kier alpha value is -2.74. The van der Waals surface area contributed by atoms with E-state index < -0.39 is 18.5 Å². The third-order valence-corrected chi connectivity index (χ3v) is 2.56. The number of imidazole rings is 1. The molecule has 2 aromatic heterocycles. The number of rotatable bonds is 6. The first kappa shape index (κ1) is 14.7. The molecule has 0 fully saturated rings. The number of carbonyl (C=O) groups is 2. The van der Waals surface area contributed by atoms with Crippen LogP contribution in [0.3, 0.4) is 0 Å². The molecular weight excluding hydrogens is 276 g/mol. The van der Waals surface area contributed by atoms with Gasteiger partial charge in [-0.25, -0.2) is 14.8 Å². The lowest BCUT2D eigenvalue weighted by atomic mass is 10.4. The Kier molecular flexibility index (Phi) is 4.62. The van der Waals surface area contributed by atoms with Gasteiger partial charge in [0.15, 0.2) is 0 Å². The van der Waals surface area contributed by atoms with Crippen molar-refractivity contribution in [2.24, 2.45) is 0 Å². The minimum Gasteiger partial charge on any atom is -0.480 e. The molecule has 2 heterocycles. The molecule has 0 aromatic carbocycles. The molecule has 0 radical (unpaired) electrons. The standard InChI is InChI=1S/C13H14N4O4/c1-9-14-4-5-17(9)11-3-2-10(6-15-11)16-12(18)7-21-8-13(19)20/h2-6H,7-8H2,1H3,(H,16,18)(H,19,20). The van der Waals surface area contributed by atoms with Gasteiger partial charge in [-0.2, -0.15) is 0 Å². The first-order valence-corrected chi connectivity index (χ1v) is 6.12. The van der Waals surface area contributed by atoms with E-state index >= 15 is 0 Å². The maximum atomic E-state index is 11.5. The molecule has 0 spiro atoms. The summed E-state index contributed by atoms with van der Waals surface area (Å²) >= 11 is 0. The number of amides is 1. The Balaban J connectivity index is 1.92. The lowest BCUT2D eigenvalue weighted by Crippen LogP contribution is -2.20. The van der Waals surface area contributed by atoms with Gasteiger partial charge in [0.2, 0.25) is 5.91 Å². The van der Waals surface area contributed by atoms with Crippen molar-refractivity contribution in [2.45, 2.75) is 6.92 Å². The third kappa shape index (κ3) is 4.11. The quantitative estimate of drug-likeness (QED) is 0.807. The lowest BCUT2D eigenvalue weighted by Gasteiger charge is -2.07. The maximum absolute atomic E-state index is 11.5. The Labute approximate surface area is 120 Å². The number of aryl methyl sites for hydroxylation is 1. The van der Waals surface area contributed by atoms with E-state index in [4.69, 9.17) is 5.11 Å². The van der Waals surface area contributed by atoms with Crippen LogP contribution in [0.4, 0.5) is 5.69 Å². The molecule has 0 aliphatic carbocycles. The Morgan fingerprint density at radius 3 is 2.71 bits per heavy atom. The van der Waals surface area contributed by atoms with Crippen LogP contribution < -0.4 is 5.32 Å². The highest BCUT2D eigenvalue weighted by Crippen LogP contribution is 2.11. The highest BCUT2D eigenvalue weighted by atomic mass is 16.5. The first-order valence-electron chi connectivity index (χ1n) is 6.12. The summed E-state index contributed by atoms with van der Waals surface area (Å²) < 4.78 is 6.49. The van der Waals surface area contributed by atoms with Crippen LogP contribution in [0, 0.1) is 6.92 Å². The molecule has 8 heteroatoms. The number of aliphatic carboxylic acids is 1. The highest BCUT2D eigenvalue weighted by Gasteiger charge is 2.06. The fraction of sp³-hybridized carbons (Fsp3) is 0.231. The molecule has 2 aromatic rings. The van der Waals surface area contributed by atoms with Crippen molar-refractivity contribution in [1.82, 2.24) is 14.5 Å². The van der Waals surface area contributed by atoms with Crippen LogP contribution in [0.5, 0.6) is 0 Å². The summed E-state index contributed by atoms with van der Waals surface area (Å²) in [6, 6.07) is 3.43. The number of hydrogen-bond acceptors (Lipinski definition) is 5. The number of pyridine rings is 1. The van der Waals surface area contributed by atoms with Gasteiger partial charge in [-0.3, -0.25) is 9.36 Å². The van der Waals surface area contributed by atoms with Gasteiger partial charge in [-0.05, 0) is 19.1 Å². The molecule has 1 amide bonds. The predicted octanol–water partition coefficient (Wildman–Crippen LogP) is 0.615. The number of carboxylic acid groups (broad SMARTS) is 1. The Bertz CT molecular complexity index is 636. The normalized spacial score (nSPS) is 10.3. The van der Waals surface area contributed by atoms with Crippen LogP contribution in [-0.4, -0.2) is 44.7 Å². The molecule has 8 nitrogen and oxygen atoms in total. The largest absolute Gasteiger partial charge is 0.480 e. The molecular formula is C13H14N4O4. The molecule has 2 rings (SSSR count). The average molecular weight is 290 g/mol. The summed E-state index contributed by atoms with van der Waals surface area (Å²) in [5.74, 6) is -0.0689. The zero-order chi connectivity index (χ0) is 15.2. The number of nitrogens with zero attached hydrogens (tertiary/aromatic N) is 3. The topological polar surface area (TPSA) is 106 Å². The highest BCUT2D eigenvalue weighted by molar-refractivity contribution is 5.91. The van der Waals surface area contributed by atoms with Crippen molar-refractivity contribution in [2.75, 3.05) is 18.5 Å². The molecule has 0 saturated carbocycles. The van der Waals surface area contributed by atoms with Crippen molar-refractivity contribution in [3.63, 3.8) is 0 Å². The first-order chi connectivity index (χ1) is 10.1. The Morgan fingerprint density at radius 2 is 2.14 bits per heavy atom. The van der Waals surface area contributed by atoms with Crippen molar-refractivity contribution >= 4 is 17.6 Å². The van der Waals surface area contributed by atoms with Crippen LogP contribution >= 0.6 is 0 Å². The van der Waals surface area contributed by atoms with Gasteiger partial charge in [-0.1, -0.05) is 0 Å². The molecule has 0 bridgehead atoms. The van der Waals surface area contributed by atoms with E-state index in [2.05, 4.69) is 20.0 Å². The minimum absolute atomic E-state index is 0.325. The molecule has 110 valence electrons. The second kappa shape index (κ2) is 6.62. The fourth-order valence-corrected chi connectivity index (χ4v) is 1.65. The molecule has 21 heavy (non-hydrogen) atoms. The van der Waals surface area contributed by atoms with Gasteiger partial charge < -0.3 is 15.2 Å². The van der Waals surface area contributed by atoms with Crippen LogP contribution in [0.15, 0.2) is 30.7 Å². The summed E-state index contributed by atoms with van der Waals surface area (Å²) in [5.41, 5.74) is 0.500.